The zero-order valence-electron chi connectivity index (χ0n) is 12.6. The zero-order chi connectivity index (χ0) is 16.7. The van der Waals surface area contributed by atoms with Gasteiger partial charge in [-0.15, -0.1) is 0 Å². The van der Waals surface area contributed by atoms with Gasteiger partial charge in [0.2, 0.25) is 0 Å². The third-order valence-corrected chi connectivity index (χ3v) is 3.67. The SMILES string of the molecule is N#CC(C#N)=C/C(C#N)=C(\N)N1CCN(c2ccccc2)CC1. The lowest BCUT2D eigenvalue weighted by atomic mass is 10.1. The first-order valence-corrected chi connectivity index (χ1v) is 7.16. The minimum atomic E-state index is -0.132. The first-order valence-electron chi connectivity index (χ1n) is 7.16. The molecule has 0 atom stereocenters. The van der Waals surface area contributed by atoms with E-state index in [4.69, 9.17) is 16.3 Å². The molecule has 23 heavy (non-hydrogen) atoms. The van der Waals surface area contributed by atoms with E-state index in [1.165, 1.54) is 6.08 Å². The highest BCUT2D eigenvalue weighted by Crippen LogP contribution is 2.17. The molecule has 0 radical (unpaired) electrons. The number of anilines is 1. The van der Waals surface area contributed by atoms with Crippen LogP contribution in [0.2, 0.25) is 0 Å². The maximum atomic E-state index is 9.21. The van der Waals surface area contributed by atoms with Crippen LogP contribution in [0.1, 0.15) is 0 Å². The van der Waals surface area contributed by atoms with Crippen molar-refractivity contribution >= 4 is 5.69 Å². The number of hydrogen-bond acceptors (Lipinski definition) is 6. The number of rotatable bonds is 3. The molecule has 114 valence electrons. The molecule has 0 saturated carbocycles. The fourth-order valence-electron chi connectivity index (χ4n) is 2.41. The lowest BCUT2D eigenvalue weighted by Gasteiger charge is -2.37. The second-order valence-corrected chi connectivity index (χ2v) is 5.00. The van der Waals surface area contributed by atoms with E-state index < -0.39 is 0 Å². The number of hydrogen-bond donors (Lipinski definition) is 1. The van der Waals surface area contributed by atoms with E-state index in [2.05, 4.69) is 17.0 Å². The maximum absolute atomic E-state index is 9.21. The van der Waals surface area contributed by atoms with Crippen molar-refractivity contribution in [3.05, 3.63) is 53.4 Å². The Labute approximate surface area is 135 Å². The van der Waals surface area contributed by atoms with Crippen molar-refractivity contribution in [3.8, 4) is 18.2 Å². The molecule has 0 bridgehead atoms. The Morgan fingerprint density at radius 3 is 2.09 bits per heavy atom. The van der Waals surface area contributed by atoms with Gasteiger partial charge in [0.15, 0.2) is 0 Å². The van der Waals surface area contributed by atoms with E-state index in [1.54, 1.807) is 12.1 Å². The second kappa shape index (κ2) is 7.54. The summed E-state index contributed by atoms with van der Waals surface area (Å²) in [5, 5.41) is 26.8. The van der Waals surface area contributed by atoms with Crippen LogP contribution in [0.3, 0.4) is 0 Å². The lowest BCUT2D eigenvalue weighted by molar-refractivity contribution is 0.317. The molecule has 6 heteroatoms. The monoisotopic (exact) mass is 304 g/mol. The van der Waals surface area contributed by atoms with Gasteiger partial charge in [0.25, 0.3) is 0 Å². The summed E-state index contributed by atoms with van der Waals surface area (Å²) in [6, 6.07) is 15.5. The van der Waals surface area contributed by atoms with Crippen molar-refractivity contribution in [2.75, 3.05) is 31.1 Å². The van der Waals surface area contributed by atoms with Crippen molar-refractivity contribution in [3.63, 3.8) is 0 Å². The molecular formula is C17H16N6. The molecule has 1 fully saturated rings. The van der Waals surface area contributed by atoms with Crippen molar-refractivity contribution in [1.29, 1.82) is 15.8 Å². The summed E-state index contributed by atoms with van der Waals surface area (Å²) in [6.45, 7) is 2.93. The third-order valence-electron chi connectivity index (χ3n) is 3.67. The summed E-state index contributed by atoms with van der Waals surface area (Å²) in [5.74, 6) is 0.309. The van der Waals surface area contributed by atoms with Crippen molar-refractivity contribution in [1.82, 2.24) is 4.90 Å². The van der Waals surface area contributed by atoms with Gasteiger partial charge in [-0.2, -0.15) is 15.8 Å². The molecule has 1 aliphatic rings. The van der Waals surface area contributed by atoms with Crippen LogP contribution in [-0.4, -0.2) is 31.1 Å². The van der Waals surface area contributed by atoms with Crippen LogP contribution < -0.4 is 10.6 Å². The molecule has 1 saturated heterocycles. The molecule has 1 aromatic carbocycles. The minimum absolute atomic E-state index is 0.132. The number of nitrogens with two attached hydrogens (primary N) is 1. The fraction of sp³-hybridized carbons (Fsp3) is 0.235. The van der Waals surface area contributed by atoms with Gasteiger partial charge >= 0.3 is 0 Å². The molecule has 1 aromatic rings. The zero-order valence-corrected chi connectivity index (χ0v) is 12.6. The van der Waals surface area contributed by atoms with Gasteiger partial charge in [-0.1, -0.05) is 18.2 Å². The summed E-state index contributed by atoms with van der Waals surface area (Å²) in [5.41, 5.74) is 7.22. The van der Waals surface area contributed by atoms with Crippen LogP contribution in [-0.2, 0) is 0 Å². The van der Waals surface area contributed by atoms with E-state index in [0.717, 1.165) is 18.8 Å². The molecule has 0 unspecified atom stereocenters. The lowest BCUT2D eigenvalue weighted by Crippen LogP contribution is -2.47. The number of benzene rings is 1. The standard InChI is InChI=1S/C17H16N6/c18-11-14(12-19)10-15(13-20)17(21)23-8-6-22(7-9-23)16-4-2-1-3-5-16/h1-5,10H,6-9,21H2/b17-15-. The molecule has 1 aliphatic heterocycles. The van der Waals surface area contributed by atoms with E-state index in [1.807, 2.05) is 29.2 Å². The molecule has 2 rings (SSSR count). The number of nitriles is 3. The van der Waals surface area contributed by atoms with E-state index in [9.17, 15) is 5.26 Å². The molecule has 0 amide bonds. The second-order valence-electron chi connectivity index (χ2n) is 5.00. The van der Waals surface area contributed by atoms with Gasteiger partial charge in [0.1, 0.15) is 29.6 Å². The van der Waals surface area contributed by atoms with Gasteiger partial charge in [0.05, 0.1) is 5.57 Å². The highest BCUT2D eigenvalue weighted by molar-refractivity contribution is 5.48. The average molecular weight is 304 g/mol. The summed E-state index contributed by atoms with van der Waals surface area (Å²) < 4.78 is 0. The summed E-state index contributed by atoms with van der Waals surface area (Å²) in [7, 11) is 0. The van der Waals surface area contributed by atoms with Crippen LogP contribution >= 0.6 is 0 Å². The van der Waals surface area contributed by atoms with Crippen LogP contribution in [0, 0.1) is 34.0 Å². The number of allylic oxidation sites excluding steroid dienone is 3. The van der Waals surface area contributed by atoms with Crippen LogP contribution in [0.4, 0.5) is 5.69 Å². The summed E-state index contributed by atoms with van der Waals surface area (Å²) >= 11 is 0. The highest BCUT2D eigenvalue weighted by Gasteiger charge is 2.19. The molecule has 6 nitrogen and oxygen atoms in total. The highest BCUT2D eigenvalue weighted by atomic mass is 15.3. The largest absolute Gasteiger partial charge is 0.384 e. The Hall–Kier alpha value is -3.43. The Morgan fingerprint density at radius 1 is 0.957 bits per heavy atom. The van der Waals surface area contributed by atoms with E-state index >= 15 is 0 Å². The number of para-hydroxylation sites is 1. The molecule has 1 heterocycles. The summed E-state index contributed by atoms with van der Waals surface area (Å²) in [4.78, 5) is 4.16. The van der Waals surface area contributed by atoms with Crippen molar-refractivity contribution < 1.29 is 0 Å². The van der Waals surface area contributed by atoms with Crippen LogP contribution in [0.15, 0.2) is 53.4 Å². The molecule has 0 aromatic heterocycles. The predicted molar refractivity (Wildman–Crippen MR) is 86.4 cm³/mol. The van der Waals surface area contributed by atoms with Gasteiger partial charge in [-0.3, -0.25) is 0 Å². The molecule has 2 N–H and O–H groups in total. The van der Waals surface area contributed by atoms with Gasteiger partial charge in [-0.25, -0.2) is 0 Å². The maximum Gasteiger partial charge on any atom is 0.131 e. The Morgan fingerprint density at radius 2 is 1.57 bits per heavy atom. The van der Waals surface area contributed by atoms with Crippen molar-refractivity contribution in [2.45, 2.75) is 0 Å². The van der Waals surface area contributed by atoms with Crippen LogP contribution in [0.25, 0.3) is 0 Å². The topological polar surface area (TPSA) is 104 Å². The Bertz CT molecular complexity index is 718. The van der Waals surface area contributed by atoms with Gasteiger partial charge in [-0.05, 0) is 18.2 Å². The van der Waals surface area contributed by atoms with Gasteiger partial charge in [0, 0.05) is 31.9 Å². The normalized spacial score (nSPS) is 14.8. The molecule has 0 aliphatic carbocycles. The van der Waals surface area contributed by atoms with Crippen LogP contribution in [0.5, 0.6) is 0 Å². The van der Waals surface area contributed by atoms with E-state index in [0.29, 0.717) is 18.9 Å². The first-order chi connectivity index (χ1) is 11.2. The third kappa shape index (κ3) is 3.81. The minimum Gasteiger partial charge on any atom is -0.384 e. The molecular weight excluding hydrogens is 288 g/mol. The average Bonchev–Trinajstić information content (AvgIpc) is 2.63. The predicted octanol–water partition coefficient (Wildman–Crippen LogP) is 1.48. The van der Waals surface area contributed by atoms with E-state index in [-0.39, 0.29) is 11.1 Å². The smallest absolute Gasteiger partial charge is 0.131 e. The Kier molecular flexibility index (Phi) is 5.23. The Balaban J connectivity index is 2.11. The number of piperazine rings is 1. The van der Waals surface area contributed by atoms with Crippen molar-refractivity contribution in [2.24, 2.45) is 5.73 Å². The first kappa shape index (κ1) is 15.9. The quantitative estimate of drug-likeness (QED) is 0.670. The number of nitrogens with zero attached hydrogens (tertiary/aromatic N) is 5. The fourth-order valence-corrected chi connectivity index (χ4v) is 2.41. The summed E-state index contributed by atoms with van der Waals surface area (Å²) in [6.07, 6.45) is 1.24. The van der Waals surface area contributed by atoms with Gasteiger partial charge < -0.3 is 15.5 Å². The molecule has 0 spiro atoms.